The molecule has 105 heavy (non-hydrogen) atoms. The fraction of sp³-hybridized carbons (Fsp3) is 0.639. The number of amides is 6. The van der Waals surface area contributed by atoms with Crippen LogP contribution in [0, 0.1) is 0 Å². The van der Waals surface area contributed by atoms with Crippen LogP contribution in [0.5, 0.6) is 23.0 Å². The summed E-state index contributed by atoms with van der Waals surface area (Å²) in [5, 5.41) is 17.6. The maximum Gasteiger partial charge on any atom is 0.407 e. The van der Waals surface area contributed by atoms with E-state index in [4.69, 9.17) is 37.9 Å². The molecule has 0 heterocycles. The highest BCUT2D eigenvalue weighted by Gasteiger charge is 2.42. The van der Waals surface area contributed by atoms with Crippen molar-refractivity contribution in [2.24, 2.45) is 0 Å². The number of ether oxygens (including phenoxy) is 8. The quantitative estimate of drug-likeness (QED) is 0.0178. The summed E-state index contributed by atoms with van der Waals surface area (Å²) in [4.78, 5) is 75.9. The molecule has 0 atom stereocenters. The van der Waals surface area contributed by atoms with E-state index in [-0.39, 0.29) is 17.2 Å². The van der Waals surface area contributed by atoms with Crippen LogP contribution in [-0.2, 0) is 24.4 Å². The molecule has 0 saturated heterocycles. The molecule has 5 rings (SSSR count). The fourth-order valence-corrected chi connectivity index (χ4v) is 13.1. The minimum atomic E-state index is -0.542. The number of halogens is 2. The van der Waals surface area contributed by atoms with Crippen molar-refractivity contribution in [3.8, 4) is 34.1 Å². The van der Waals surface area contributed by atoms with E-state index >= 15 is 0 Å². The number of carbonyl (C=O) groups excluding carboxylic acids is 6. The molecule has 0 radical (unpaired) electrons. The first-order valence-corrected chi connectivity index (χ1v) is 40.3. The predicted octanol–water partition coefficient (Wildman–Crippen LogP) is 20.1. The van der Waals surface area contributed by atoms with Crippen molar-refractivity contribution in [3.63, 3.8) is 0 Å². The van der Waals surface area contributed by atoms with E-state index in [1.807, 2.05) is 95.2 Å². The second-order valence-electron chi connectivity index (χ2n) is 31.5. The summed E-state index contributed by atoms with van der Waals surface area (Å²) in [6.07, 6.45) is 21.8. The number of hydrogen-bond acceptors (Lipinski definition) is 14. The van der Waals surface area contributed by atoms with Crippen molar-refractivity contribution < 1.29 is 66.7 Å². The SMILES string of the molecule is CC(C)(C)OC(=O)NCCCCCCOc1cc(OCCCCCCNC(=O)OC(C)(C)C)cc(C(=O)NCCCCCCC2(CCCCCCNC(=O)c3cc(OCCCCCCNC(=O)OC(C)(C)C)cc(OCCCCCCNC(=O)OC(C)(C)C)c3)c3cc(Br)ccc3-c3ccc(Br)cc32)c1. The molecule has 20 nitrogen and oxygen atoms in total. The van der Waals surface area contributed by atoms with Crippen LogP contribution in [-0.4, -0.2) is 124 Å². The maximum atomic E-state index is 13.9. The third-order valence-corrected chi connectivity index (χ3v) is 18.2. The molecule has 0 aliphatic heterocycles. The van der Waals surface area contributed by atoms with E-state index in [2.05, 4.69) is 100 Å². The molecule has 1 aliphatic carbocycles. The zero-order valence-corrected chi connectivity index (χ0v) is 68.5. The van der Waals surface area contributed by atoms with E-state index in [1.165, 1.54) is 22.3 Å². The van der Waals surface area contributed by atoms with Gasteiger partial charge in [0.15, 0.2) is 0 Å². The van der Waals surface area contributed by atoms with Gasteiger partial charge in [-0.2, -0.15) is 0 Å². The molecular weight excluding hydrogens is 1460 g/mol. The molecule has 0 bridgehead atoms. The van der Waals surface area contributed by atoms with Crippen molar-refractivity contribution in [1.82, 2.24) is 31.9 Å². The lowest BCUT2D eigenvalue weighted by Crippen LogP contribution is -2.33. The third-order valence-electron chi connectivity index (χ3n) is 17.2. The molecule has 0 fully saturated rings. The Morgan fingerprint density at radius 1 is 0.305 bits per heavy atom. The van der Waals surface area contributed by atoms with Gasteiger partial charge in [0.05, 0.1) is 26.4 Å². The van der Waals surface area contributed by atoms with E-state index in [0.29, 0.717) is 99.8 Å². The number of nitrogens with one attached hydrogen (secondary N) is 6. The molecule has 22 heteroatoms. The van der Waals surface area contributed by atoms with Gasteiger partial charge in [0.1, 0.15) is 45.4 Å². The number of rotatable bonds is 48. The van der Waals surface area contributed by atoms with Crippen molar-refractivity contribution in [2.75, 3.05) is 65.7 Å². The first-order chi connectivity index (χ1) is 49.9. The van der Waals surface area contributed by atoms with Crippen LogP contribution in [0.4, 0.5) is 19.2 Å². The molecule has 4 aromatic rings. The van der Waals surface area contributed by atoms with Gasteiger partial charge in [0, 0.05) is 76.9 Å². The molecule has 6 amide bonds. The standard InChI is InChI=1S/C83H126Br2N6O14/c1-79(2,3)102-75(94)88-45-29-17-21-33-49-98-65-53-61(54-66(59-65)99-50-34-22-18-30-46-89-76(95)103-80(4,5)6)73(92)86-43-27-15-13-25-41-83(71-57-63(84)37-39-69(71)70-40-38-64(85)58-72(70)83)42-26-14-16-28-44-87-74(93)62-55-67(100-51-35-23-19-31-47-90-77(96)104-81(7,8)9)60-68(56-62)101-52-36-24-20-32-48-91-78(97)105-82(10,11)12/h37-40,53-60H,13-36,41-52H2,1-12H3,(H,86,92)(H,87,93)(H,88,94)(H,89,95)(H,90,96)(H,91,97). The summed E-state index contributed by atoms with van der Waals surface area (Å²) in [5.41, 5.74) is 3.88. The highest BCUT2D eigenvalue weighted by atomic mass is 79.9. The number of unbranched alkanes of at least 4 members (excludes halogenated alkanes) is 18. The van der Waals surface area contributed by atoms with E-state index < -0.39 is 46.8 Å². The van der Waals surface area contributed by atoms with Crippen LogP contribution in [0.15, 0.2) is 81.7 Å². The third kappa shape index (κ3) is 37.4. The van der Waals surface area contributed by atoms with Crippen LogP contribution in [0.3, 0.4) is 0 Å². The Labute approximate surface area is 644 Å². The lowest BCUT2D eigenvalue weighted by atomic mass is 9.70. The number of benzene rings is 4. The highest BCUT2D eigenvalue weighted by molar-refractivity contribution is 9.10. The monoisotopic (exact) mass is 1590 g/mol. The second-order valence-corrected chi connectivity index (χ2v) is 33.3. The van der Waals surface area contributed by atoms with Crippen molar-refractivity contribution >= 4 is 68.0 Å². The van der Waals surface area contributed by atoms with Crippen LogP contribution in [0.2, 0.25) is 0 Å². The van der Waals surface area contributed by atoms with Gasteiger partial charge in [-0.1, -0.05) is 134 Å². The van der Waals surface area contributed by atoms with Gasteiger partial charge in [0.25, 0.3) is 11.8 Å². The summed E-state index contributed by atoms with van der Waals surface area (Å²) in [5.74, 6) is 1.93. The van der Waals surface area contributed by atoms with Gasteiger partial charge in [-0.25, -0.2) is 19.2 Å². The largest absolute Gasteiger partial charge is 0.493 e. The molecule has 0 aromatic heterocycles. The number of carbonyl (C=O) groups is 6. The Morgan fingerprint density at radius 2 is 0.543 bits per heavy atom. The van der Waals surface area contributed by atoms with Crippen LogP contribution in [0.25, 0.3) is 11.1 Å². The smallest absolute Gasteiger partial charge is 0.407 e. The van der Waals surface area contributed by atoms with Gasteiger partial charge in [0.2, 0.25) is 0 Å². The van der Waals surface area contributed by atoms with E-state index in [9.17, 15) is 28.8 Å². The summed E-state index contributed by atoms with van der Waals surface area (Å²) in [7, 11) is 0. The Balaban J connectivity index is 1.12. The van der Waals surface area contributed by atoms with Crippen molar-refractivity contribution in [2.45, 2.75) is 278 Å². The summed E-state index contributed by atoms with van der Waals surface area (Å²) < 4.78 is 48.4. The normalized spacial score (nSPS) is 12.4. The number of alkyl carbamates (subject to hydrolysis) is 4. The summed E-state index contributed by atoms with van der Waals surface area (Å²) in [6, 6.07) is 24.3. The van der Waals surface area contributed by atoms with Crippen LogP contribution in [0.1, 0.15) is 282 Å². The first kappa shape index (κ1) is 88.7. The number of hydrogen-bond donors (Lipinski definition) is 6. The van der Waals surface area contributed by atoms with E-state index in [0.717, 1.165) is 176 Å². The molecule has 1 aliphatic rings. The lowest BCUT2D eigenvalue weighted by molar-refractivity contribution is 0.0515. The summed E-state index contributed by atoms with van der Waals surface area (Å²) >= 11 is 7.68. The van der Waals surface area contributed by atoms with Gasteiger partial charge in [-0.15, -0.1) is 0 Å². The van der Waals surface area contributed by atoms with Gasteiger partial charge in [-0.05, 0) is 231 Å². The van der Waals surface area contributed by atoms with Gasteiger partial charge in [-0.3, -0.25) is 9.59 Å². The average molecular weight is 1590 g/mol. The van der Waals surface area contributed by atoms with Crippen LogP contribution < -0.4 is 50.8 Å². The Kier molecular flexibility index (Phi) is 39.1. The summed E-state index contributed by atoms with van der Waals surface area (Å²) in [6.45, 7) is 27.2. The fourth-order valence-electron chi connectivity index (χ4n) is 12.4. The van der Waals surface area contributed by atoms with Gasteiger partial charge >= 0.3 is 24.4 Å². The lowest BCUT2D eigenvalue weighted by Gasteiger charge is -2.33. The Morgan fingerprint density at radius 3 is 0.800 bits per heavy atom. The molecule has 0 spiro atoms. The van der Waals surface area contributed by atoms with Crippen molar-refractivity contribution in [3.05, 3.63) is 104 Å². The molecule has 0 unspecified atom stereocenters. The Hall–Kier alpha value is -6.94. The zero-order valence-electron chi connectivity index (χ0n) is 65.4. The molecule has 0 saturated carbocycles. The Bertz CT molecular complexity index is 2960. The second kappa shape index (κ2) is 46.3. The van der Waals surface area contributed by atoms with Crippen molar-refractivity contribution in [1.29, 1.82) is 0 Å². The maximum absolute atomic E-state index is 13.9. The molecule has 6 N–H and O–H groups in total. The highest BCUT2D eigenvalue weighted by Crippen LogP contribution is 2.55. The number of fused-ring (bicyclic) bond motifs is 3. The average Bonchev–Trinajstić information content (AvgIpc) is 1.56. The first-order valence-electron chi connectivity index (χ1n) is 38.7. The topological polar surface area (TPSA) is 248 Å². The molecule has 586 valence electrons. The molecular formula is C83H126Br2N6O14. The minimum absolute atomic E-state index is 0.182. The van der Waals surface area contributed by atoms with E-state index in [1.54, 1.807) is 24.3 Å². The molecule has 4 aromatic carbocycles. The minimum Gasteiger partial charge on any atom is -0.493 e. The van der Waals surface area contributed by atoms with Gasteiger partial charge < -0.3 is 69.8 Å². The predicted molar refractivity (Wildman–Crippen MR) is 425 cm³/mol. The van der Waals surface area contributed by atoms with Crippen LogP contribution >= 0.6 is 31.9 Å². The zero-order chi connectivity index (χ0) is 76.7.